The molecule has 0 radical (unpaired) electrons. The molecule has 12 nitrogen and oxygen atoms in total. The third-order valence-electron chi connectivity index (χ3n) is 10.9. The fourth-order valence-corrected chi connectivity index (χ4v) is 7.54. The number of nitrogens with one attached hydrogen (secondary N) is 3. The summed E-state index contributed by atoms with van der Waals surface area (Å²) in [4.78, 5) is 71.6. The zero-order chi connectivity index (χ0) is 38.0. The lowest BCUT2D eigenvalue weighted by Gasteiger charge is -2.54. The van der Waals surface area contributed by atoms with Crippen molar-refractivity contribution in [2.45, 2.75) is 102 Å². The number of hydrogen-bond donors (Lipinski definition) is 5. The number of nitrogens with two attached hydrogens (primary N) is 2. The molecular formula is C41H59N7O5. The van der Waals surface area contributed by atoms with Crippen molar-refractivity contribution in [3.05, 3.63) is 71.8 Å². The van der Waals surface area contributed by atoms with Crippen LogP contribution in [0.5, 0.6) is 0 Å². The molecule has 288 valence electrons. The number of unbranched alkanes of at least 4 members (excludes halogenated alkanes) is 1. The molecule has 4 unspecified atom stereocenters. The first-order valence-corrected chi connectivity index (χ1v) is 19.5. The number of piperidine rings is 1. The highest BCUT2D eigenvalue weighted by Gasteiger charge is 2.49. The van der Waals surface area contributed by atoms with E-state index in [4.69, 9.17) is 11.5 Å². The predicted molar refractivity (Wildman–Crippen MR) is 204 cm³/mol. The minimum absolute atomic E-state index is 0.0117. The number of carbonyl (C=O) groups is 5. The summed E-state index contributed by atoms with van der Waals surface area (Å²) in [6.45, 7) is 7.09. The van der Waals surface area contributed by atoms with Crippen LogP contribution >= 0.6 is 0 Å². The van der Waals surface area contributed by atoms with E-state index in [1.807, 2.05) is 84.3 Å². The van der Waals surface area contributed by atoms with Gasteiger partial charge in [-0.3, -0.25) is 24.0 Å². The van der Waals surface area contributed by atoms with E-state index in [0.717, 1.165) is 49.9 Å². The molecular weight excluding hydrogens is 670 g/mol. The van der Waals surface area contributed by atoms with Gasteiger partial charge in [0.05, 0.1) is 6.04 Å². The van der Waals surface area contributed by atoms with Gasteiger partial charge in [-0.2, -0.15) is 0 Å². The minimum Gasteiger partial charge on any atom is -0.343 e. The predicted octanol–water partition coefficient (Wildman–Crippen LogP) is 2.29. The summed E-state index contributed by atoms with van der Waals surface area (Å²) in [5.41, 5.74) is 13.8. The molecule has 5 rings (SSSR count). The molecule has 2 heterocycles. The van der Waals surface area contributed by atoms with Gasteiger partial charge in [0.15, 0.2) is 0 Å². The highest BCUT2D eigenvalue weighted by atomic mass is 16.2. The number of amides is 5. The van der Waals surface area contributed by atoms with E-state index >= 15 is 0 Å². The first kappa shape index (κ1) is 39.9. The van der Waals surface area contributed by atoms with Gasteiger partial charge < -0.3 is 37.2 Å². The van der Waals surface area contributed by atoms with Crippen LogP contribution in [0.25, 0.3) is 0 Å². The Morgan fingerprint density at radius 1 is 0.736 bits per heavy atom. The number of hydrogen-bond acceptors (Lipinski definition) is 7. The van der Waals surface area contributed by atoms with E-state index in [0.29, 0.717) is 51.7 Å². The van der Waals surface area contributed by atoms with Gasteiger partial charge in [-0.25, -0.2) is 0 Å². The van der Waals surface area contributed by atoms with E-state index in [2.05, 4.69) is 16.0 Å². The van der Waals surface area contributed by atoms with Gasteiger partial charge in [-0.1, -0.05) is 74.5 Å². The van der Waals surface area contributed by atoms with Gasteiger partial charge in [0.2, 0.25) is 29.5 Å². The van der Waals surface area contributed by atoms with E-state index in [1.54, 1.807) is 0 Å². The lowest BCUT2D eigenvalue weighted by Crippen LogP contribution is -2.65. The number of nitrogens with zero attached hydrogens (tertiary/aromatic N) is 2. The van der Waals surface area contributed by atoms with Crippen LogP contribution in [0, 0.1) is 17.3 Å². The van der Waals surface area contributed by atoms with Crippen LogP contribution in [0.3, 0.4) is 0 Å². The molecule has 53 heavy (non-hydrogen) atoms. The summed E-state index contributed by atoms with van der Waals surface area (Å²) in [5.74, 6) is -1.00. The summed E-state index contributed by atoms with van der Waals surface area (Å²) >= 11 is 0. The van der Waals surface area contributed by atoms with E-state index < -0.39 is 41.9 Å². The van der Waals surface area contributed by atoms with Crippen molar-refractivity contribution in [1.29, 1.82) is 0 Å². The standard InChI is InChI=1S/C41H59N7O5/c1-28(2)23-34(46-38(51)35(25-30-13-7-4-8-14-30)45-36(49)32(43)24-29-11-5-3-6-12-29)37(50)44-33(15-9-10-20-42)40(53)48-26-41(27-48)18-21-47(22-19-41)39(52)31-16-17-31/h3-8,11-14,28,31-35H,9-10,15-27,42-43H2,1-2H3,(H,44,50)(H,45,49)(H,46,51). The highest BCUT2D eigenvalue weighted by Crippen LogP contribution is 2.42. The Hall–Kier alpha value is -4.29. The maximum Gasteiger partial charge on any atom is 0.245 e. The molecule has 4 atom stereocenters. The summed E-state index contributed by atoms with van der Waals surface area (Å²) in [6, 6.07) is 15.2. The molecule has 3 aliphatic rings. The van der Waals surface area contributed by atoms with Crippen LogP contribution in [0.15, 0.2) is 60.7 Å². The SMILES string of the molecule is CC(C)CC(NC(=O)C(Cc1ccccc1)NC(=O)C(N)Cc1ccccc1)C(=O)NC(CCCCN)C(=O)N1CC2(CCN(C(=O)C3CC3)CC2)C1. The Morgan fingerprint density at radius 2 is 1.28 bits per heavy atom. The van der Waals surface area contributed by atoms with Crippen molar-refractivity contribution in [3.8, 4) is 0 Å². The van der Waals surface area contributed by atoms with Crippen LogP contribution in [-0.2, 0) is 36.8 Å². The van der Waals surface area contributed by atoms with Crippen molar-refractivity contribution in [3.63, 3.8) is 0 Å². The quantitative estimate of drug-likeness (QED) is 0.146. The highest BCUT2D eigenvalue weighted by molar-refractivity contribution is 5.95. The average molecular weight is 730 g/mol. The van der Waals surface area contributed by atoms with E-state index in [9.17, 15) is 24.0 Å². The van der Waals surface area contributed by atoms with Gasteiger partial charge in [-0.15, -0.1) is 0 Å². The molecule has 1 aliphatic carbocycles. The van der Waals surface area contributed by atoms with Crippen molar-refractivity contribution in [2.24, 2.45) is 28.7 Å². The first-order valence-electron chi connectivity index (χ1n) is 19.5. The molecule has 2 aromatic rings. The molecule has 1 saturated carbocycles. The zero-order valence-electron chi connectivity index (χ0n) is 31.4. The fraction of sp³-hybridized carbons (Fsp3) is 0.585. The van der Waals surface area contributed by atoms with Crippen LogP contribution in [0.4, 0.5) is 0 Å². The molecule has 0 aromatic heterocycles. The van der Waals surface area contributed by atoms with Crippen molar-refractivity contribution < 1.29 is 24.0 Å². The van der Waals surface area contributed by atoms with Gasteiger partial charge >= 0.3 is 0 Å². The van der Waals surface area contributed by atoms with Gasteiger partial charge in [-0.05, 0) is 81.4 Å². The van der Waals surface area contributed by atoms with Crippen molar-refractivity contribution in [1.82, 2.24) is 25.8 Å². The van der Waals surface area contributed by atoms with Crippen LogP contribution in [-0.4, -0.2) is 96.2 Å². The van der Waals surface area contributed by atoms with Crippen LogP contribution in [0.2, 0.25) is 0 Å². The summed E-state index contributed by atoms with van der Waals surface area (Å²) < 4.78 is 0. The molecule has 12 heteroatoms. The molecule has 3 fully saturated rings. The monoisotopic (exact) mass is 729 g/mol. The third-order valence-corrected chi connectivity index (χ3v) is 10.9. The number of benzene rings is 2. The summed E-state index contributed by atoms with van der Waals surface area (Å²) in [5, 5.41) is 8.77. The average Bonchev–Trinajstić information content (AvgIpc) is 3.99. The Balaban J connectivity index is 1.23. The molecule has 7 N–H and O–H groups in total. The van der Waals surface area contributed by atoms with Gasteiger partial charge in [0.25, 0.3) is 0 Å². The second-order valence-electron chi connectivity index (χ2n) is 15.9. The van der Waals surface area contributed by atoms with Crippen molar-refractivity contribution >= 4 is 29.5 Å². The van der Waals surface area contributed by atoms with Crippen LogP contribution < -0.4 is 27.4 Å². The van der Waals surface area contributed by atoms with Gasteiger partial charge in [0.1, 0.15) is 18.1 Å². The van der Waals surface area contributed by atoms with Crippen LogP contribution in [0.1, 0.15) is 76.3 Å². The zero-order valence-corrected chi connectivity index (χ0v) is 31.4. The number of rotatable bonds is 18. The lowest BCUT2D eigenvalue weighted by atomic mass is 9.71. The van der Waals surface area contributed by atoms with Crippen molar-refractivity contribution in [2.75, 3.05) is 32.7 Å². The molecule has 0 bridgehead atoms. The second-order valence-corrected chi connectivity index (χ2v) is 15.9. The summed E-state index contributed by atoms with van der Waals surface area (Å²) in [7, 11) is 0. The lowest BCUT2D eigenvalue weighted by molar-refractivity contribution is -0.153. The number of carbonyl (C=O) groups excluding carboxylic acids is 5. The smallest absolute Gasteiger partial charge is 0.245 e. The summed E-state index contributed by atoms with van der Waals surface area (Å²) in [6.07, 6.45) is 6.41. The Kier molecular flexibility index (Phi) is 14.0. The molecule has 2 saturated heterocycles. The third kappa shape index (κ3) is 11.4. The maximum atomic E-state index is 14.0. The second kappa shape index (κ2) is 18.6. The fourth-order valence-electron chi connectivity index (χ4n) is 7.54. The van der Waals surface area contributed by atoms with E-state index in [-0.39, 0.29) is 35.5 Å². The topological polar surface area (TPSA) is 180 Å². The molecule has 2 aliphatic heterocycles. The van der Waals surface area contributed by atoms with E-state index in [1.165, 1.54) is 0 Å². The first-order chi connectivity index (χ1) is 25.5. The Bertz CT molecular complexity index is 1530. The van der Waals surface area contributed by atoms with Gasteiger partial charge in [0, 0.05) is 43.9 Å². The molecule has 2 aromatic carbocycles. The maximum absolute atomic E-state index is 14.0. The Morgan fingerprint density at radius 3 is 1.85 bits per heavy atom. The normalized spacial score (nSPS) is 18.7. The molecule has 1 spiro atoms. The Labute approximate surface area is 314 Å². The number of likely N-dealkylation sites (tertiary alicyclic amines) is 2. The minimum atomic E-state index is -0.987. The molecule has 5 amide bonds. The largest absolute Gasteiger partial charge is 0.343 e.